The van der Waals surface area contributed by atoms with Crippen LogP contribution in [0.2, 0.25) is 0 Å². The number of imidazole rings is 1. The van der Waals surface area contributed by atoms with E-state index in [0.717, 1.165) is 17.1 Å². The number of hydrogen-bond donors (Lipinski definition) is 0. The molecule has 0 spiro atoms. The molecule has 2 aromatic rings. The van der Waals surface area contributed by atoms with Gasteiger partial charge in [-0.05, 0) is 31.5 Å². The van der Waals surface area contributed by atoms with Gasteiger partial charge in [0.1, 0.15) is 18.2 Å². The number of nitrogens with zero attached hydrogens (tertiary/aromatic N) is 2. The van der Waals surface area contributed by atoms with Crippen LogP contribution in [0.15, 0.2) is 36.7 Å². The summed E-state index contributed by atoms with van der Waals surface area (Å²) in [4.78, 5) is 4.31. The molecule has 4 nitrogen and oxygen atoms in total. The van der Waals surface area contributed by atoms with Crippen LogP contribution in [0.3, 0.4) is 0 Å². The molecular weight excluding hydrogens is 240 g/mol. The van der Waals surface area contributed by atoms with Crippen molar-refractivity contribution in [1.82, 2.24) is 9.55 Å². The Morgan fingerprint density at radius 1 is 1.16 bits per heavy atom. The van der Waals surface area contributed by atoms with Crippen molar-refractivity contribution in [1.29, 1.82) is 0 Å². The number of methoxy groups -OCH3 is 1. The Morgan fingerprint density at radius 3 is 2.53 bits per heavy atom. The summed E-state index contributed by atoms with van der Waals surface area (Å²) >= 11 is 0. The molecule has 0 amide bonds. The summed E-state index contributed by atoms with van der Waals surface area (Å²) in [5.74, 6) is 1.82. The fourth-order valence-corrected chi connectivity index (χ4v) is 1.91. The van der Waals surface area contributed by atoms with Gasteiger partial charge >= 0.3 is 0 Å². The van der Waals surface area contributed by atoms with Crippen LogP contribution in [0.5, 0.6) is 5.75 Å². The van der Waals surface area contributed by atoms with Gasteiger partial charge in [0.05, 0.1) is 13.7 Å². The van der Waals surface area contributed by atoms with E-state index in [1.54, 1.807) is 7.11 Å². The lowest BCUT2D eigenvalue weighted by atomic mass is 10.2. The summed E-state index contributed by atoms with van der Waals surface area (Å²) in [6.45, 7) is 5.37. The minimum atomic E-state index is 0.405. The Labute approximate surface area is 114 Å². The maximum Gasteiger partial charge on any atom is 0.135 e. The average Bonchev–Trinajstić information content (AvgIpc) is 2.88. The smallest absolute Gasteiger partial charge is 0.135 e. The molecule has 0 N–H and O–H groups in total. The van der Waals surface area contributed by atoms with E-state index in [0.29, 0.717) is 19.3 Å². The van der Waals surface area contributed by atoms with Gasteiger partial charge in [0, 0.05) is 18.4 Å². The van der Waals surface area contributed by atoms with Crippen molar-refractivity contribution in [3.05, 3.63) is 48.0 Å². The Morgan fingerprint density at radius 2 is 1.89 bits per heavy atom. The van der Waals surface area contributed by atoms with Crippen molar-refractivity contribution < 1.29 is 9.47 Å². The zero-order chi connectivity index (χ0) is 13.7. The highest BCUT2D eigenvalue weighted by atomic mass is 16.5. The number of hydrogen-bond acceptors (Lipinski definition) is 3. The third-order valence-electron chi connectivity index (χ3n) is 2.96. The lowest BCUT2D eigenvalue weighted by molar-refractivity contribution is 0.0986. The molecule has 1 aromatic carbocycles. The second kappa shape index (κ2) is 6.38. The highest BCUT2D eigenvalue weighted by molar-refractivity contribution is 5.26. The molecular formula is C15H20N2O2. The average molecular weight is 260 g/mol. The molecule has 1 heterocycles. The summed E-state index contributed by atoms with van der Waals surface area (Å²) in [5.41, 5.74) is 1.13. The van der Waals surface area contributed by atoms with Gasteiger partial charge in [0.15, 0.2) is 0 Å². The van der Waals surface area contributed by atoms with E-state index in [9.17, 15) is 0 Å². The van der Waals surface area contributed by atoms with E-state index in [2.05, 4.69) is 23.4 Å². The standard InChI is InChI=1S/C15H20N2O2/c1-12(2)17-9-8-16-15(17)11-19-10-13-4-6-14(18-3)7-5-13/h4-9,12H,10-11H2,1-3H3. The molecule has 0 aliphatic carbocycles. The first-order chi connectivity index (χ1) is 9.20. The predicted molar refractivity (Wildman–Crippen MR) is 74.1 cm³/mol. The van der Waals surface area contributed by atoms with Gasteiger partial charge in [-0.25, -0.2) is 4.98 Å². The molecule has 0 aliphatic rings. The second-order valence-corrected chi connectivity index (χ2v) is 4.69. The van der Waals surface area contributed by atoms with Crippen LogP contribution in [0.25, 0.3) is 0 Å². The molecule has 0 radical (unpaired) electrons. The second-order valence-electron chi connectivity index (χ2n) is 4.69. The molecule has 0 saturated heterocycles. The van der Waals surface area contributed by atoms with Crippen LogP contribution in [0.1, 0.15) is 31.3 Å². The molecule has 0 bridgehead atoms. The summed E-state index contributed by atoms with van der Waals surface area (Å²) in [6.07, 6.45) is 3.79. The predicted octanol–water partition coefficient (Wildman–Crippen LogP) is 3.19. The Balaban J connectivity index is 1.87. The third-order valence-corrected chi connectivity index (χ3v) is 2.96. The van der Waals surface area contributed by atoms with Crippen LogP contribution >= 0.6 is 0 Å². The molecule has 19 heavy (non-hydrogen) atoms. The van der Waals surface area contributed by atoms with E-state index in [1.165, 1.54) is 0 Å². The van der Waals surface area contributed by atoms with Gasteiger partial charge in [-0.1, -0.05) is 12.1 Å². The van der Waals surface area contributed by atoms with Crippen LogP contribution in [0, 0.1) is 0 Å². The van der Waals surface area contributed by atoms with Crippen molar-refractivity contribution in [3.8, 4) is 5.75 Å². The molecule has 0 unspecified atom stereocenters. The van der Waals surface area contributed by atoms with Crippen LogP contribution in [-0.4, -0.2) is 16.7 Å². The number of aromatic nitrogens is 2. The fourth-order valence-electron chi connectivity index (χ4n) is 1.91. The molecule has 102 valence electrons. The first-order valence-corrected chi connectivity index (χ1v) is 6.43. The Bertz CT molecular complexity index is 503. The topological polar surface area (TPSA) is 36.3 Å². The minimum Gasteiger partial charge on any atom is -0.497 e. The first-order valence-electron chi connectivity index (χ1n) is 6.43. The van der Waals surface area contributed by atoms with Gasteiger partial charge in [-0.3, -0.25) is 0 Å². The third kappa shape index (κ3) is 3.58. The molecule has 2 rings (SSSR count). The number of rotatable bonds is 6. The highest BCUT2D eigenvalue weighted by Gasteiger charge is 2.05. The van der Waals surface area contributed by atoms with Crippen molar-refractivity contribution >= 4 is 0 Å². The molecule has 4 heteroatoms. The van der Waals surface area contributed by atoms with E-state index in [-0.39, 0.29) is 0 Å². The van der Waals surface area contributed by atoms with Crippen molar-refractivity contribution in [2.75, 3.05) is 7.11 Å². The van der Waals surface area contributed by atoms with Crippen molar-refractivity contribution in [3.63, 3.8) is 0 Å². The molecule has 1 aromatic heterocycles. The van der Waals surface area contributed by atoms with E-state index in [4.69, 9.17) is 9.47 Å². The van der Waals surface area contributed by atoms with Crippen LogP contribution in [-0.2, 0) is 18.0 Å². The van der Waals surface area contributed by atoms with Gasteiger partial charge < -0.3 is 14.0 Å². The van der Waals surface area contributed by atoms with Gasteiger partial charge in [0.25, 0.3) is 0 Å². The minimum absolute atomic E-state index is 0.405. The lowest BCUT2D eigenvalue weighted by Gasteiger charge is -2.11. The molecule has 0 saturated carbocycles. The Kier molecular flexibility index (Phi) is 4.58. The Hall–Kier alpha value is -1.81. The van der Waals surface area contributed by atoms with Gasteiger partial charge in [0.2, 0.25) is 0 Å². The maximum absolute atomic E-state index is 5.70. The monoisotopic (exact) mass is 260 g/mol. The van der Waals surface area contributed by atoms with E-state index in [1.807, 2.05) is 36.7 Å². The van der Waals surface area contributed by atoms with Crippen molar-refractivity contribution in [2.24, 2.45) is 0 Å². The first kappa shape index (κ1) is 13.6. The molecule has 0 fully saturated rings. The van der Waals surface area contributed by atoms with Crippen LogP contribution in [0.4, 0.5) is 0 Å². The van der Waals surface area contributed by atoms with Crippen molar-refractivity contribution in [2.45, 2.75) is 33.1 Å². The largest absolute Gasteiger partial charge is 0.497 e. The quantitative estimate of drug-likeness (QED) is 0.800. The maximum atomic E-state index is 5.70. The fraction of sp³-hybridized carbons (Fsp3) is 0.400. The van der Waals surface area contributed by atoms with Gasteiger partial charge in [-0.15, -0.1) is 0 Å². The van der Waals surface area contributed by atoms with Gasteiger partial charge in [-0.2, -0.15) is 0 Å². The zero-order valence-electron chi connectivity index (χ0n) is 11.7. The number of benzene rings is 1. The molecule has 0 atom stereocenters. The summed E-state index contributed by atoms with van der Waals surface area (Å²) in [7, 11) is 1.66. The lowest BCUT2D eigenvalue weighted by Crippen LogP contribution is -2.07. The molecule has 0 aliphatic heterocycles. The highest BCUT2D eigenvalue weighted by Crippen LogP contribution is 2.13. The van der Waals surface area contributed by atoms with E-state index >= 15 is 0 Å². The SMILES string of the molecule is COc1ccc(COCc2nccn2C(C)C)cc1. The summed E-state index contributed by atoms with van der Waals surface area (Å²) in [5, 5.41) is 0. The normalized spacial score (nSPS) is 10.9. The van der Waals surface area contributed by atoms with Crippen LogP contribution < -0.4 is 4.74 Å². The zero-order valence-corrected chi connectivity index (χ0v) is 11.7. The summed E-state index contributed by atoms with van der Waals surface area (Å²) < 4.78 is 12.9. The summed E-state index contributed by atoms with van der Waals surface area (Å²) in [6, 6.07) is 8.30. The number of ether oxygens (including phenoxy) is 2. The van der Waals surface area contributed by atoms with E-state index < -0.39 is 0 Å².